The fourth-order valence-corrected chi connectivity index (χ4v) is 10.3. The molecule has 0 aliphatic rings. The van der Waals surface area contributed by atoms with Crippen molar-refractivity contribution in [3.8, 4) is 45.3 Å². The summed E-state index contributed by atoms with van der Waals surface area (Å²) in [5.41, 5.74) is 12.9. The number of imidazole rings is 1. The van der Waals surface area contributed by atoms with E-state index in [1.165, 1.54) is 5.56 Å². The molecular weight excluding hydrogens is 980 g/mol. The number of rotatable bonds is 6. The zero-order valence-corrected chi connectivity index (χ0v) is 38.1. The molecule has 0 atom stereocenters. The number of hydrogen-bond donors (Lipinski definition) is 0. The number of benzene rings is 8. The minimum atomic E-state index is -0.0429. The molecule has 0 saturated carbocycles. The molecule has 4 aromatic heterocycles. The van der Waals surface area contributed by atoms with Gasteiger partial charge < -0.3 is 0 Å². The van der Waals surface area contributed by atoms with Crippen molar-refractivity contribution in [3.63, 3.8) is 0 Å². The van der Waals surface area contributed by atoms with E-state index in [0.717, 1.165) is 92.3 Å². The van der Waals surface area contributed by atoms with Crippen molar-refractivity contribution in [3.05, 3.63) is 210 Å². The third-order valence-electron chi connectivity index (χ3n) is 12.3. The van der Waals surface area contributed by atoms with Crippen LogP contribution in [0.2, 0.25) is 0 Å². The third-order valence-corrected chi connectivity index (χ3v) is 13.4. The topological polar surface area (TPSA) is 49.5 Å². The second-order valence-corrected chi connectivity index (χ2v) is 18.4. The van der Waals surface area contributed by atoms with Crippen LogP contribution in [0.3, 0.4) is 0 Å². The van der Waals surface area contributed by atoms with Crippen molar-refractivity contribution in [1.82, 2.24) is 18.5 Å². The molecule has 12 aromatic rings. The predicted octanol–water partition coefficient (Wildman–Crippen LogP) is 14.9. The quantitative estimate of drug-likeness (QED) is 0.156. The summed E-state index contributed by atoms with van der Waals surface area (Å²) < 4.78 is 21.5. The summed E-state index contributed by atoms with van der Waals surface area (Å²) in [6.07, 6.45) is 1.90. The van der Waals surface area contributed by atoms with E-state index < -0.39 is 0 Å². The van der Waals surface area contributed by atoms with Crippen LogP contribution in [0.4, 0.5) is 0 Å². The summed E-state index contributed by atoms with van der Waals surface area (Å²) in [5.74, 6) is 1.93. The van der Waals surface area contributed by atoms with Gasteiger partial charge in [-0.1, -0.05) is 32.9 Å². The molecule has 0 saturated heterocycles. The number of ether oxygens (including phenoxy) is 1. The van der Waals surface area contributed by atoms with Crippen LogP contribution in [-0.4, -0.2) is 18.5 Å². The van der Waals surface area contributed by atoms with Gasteiger partial charge in [-0.2, -0.15) is 0 Å². The molecular formula is C58H40N4O2Pt-2. The molecule has 7 heteroatoms. The summed E-state index contributed by atoms with van der Waals surface area (Å²) in [5, 5.41) is 4.25. The first kappa shape index (κ1) is 39.1. The molecule has 12 rings (SSSR count). The number of nitrogens with zero attached hydrogens (tertiary/aromatic N) is 4. The normalized spacial score (nSPS) is 12.0. The van der Waals surface area contributed by atoms with Crippen LogP contribution in [0.1, 0.15) is 26.3 Å². The summed E-state index contributed by atoms with van der Waals surface area (Å²) in [6.45, 7) is 6.67. The number of hydrogen-bond acceptors (Lipinski definition) is 3. The molecule has 0 amide bonds. The molecule has 0 unspecified atom stereocenters. The molecule has 8 aromatic carbocycles. The third kappa shape index (κ3) is 6.51. The van der Waals surface area contributed by atoms with Gasteiger partial charge in [-0.15, -0.1) is 0 Å². The molecule has 4 heterocycles. The van der Waals surface area contributed by atoms with E-state index in [1.54, 1.807) is 0 Å². The Balaban J connectivity index is 1.11. The Labute approximate surface area is 386 Å². The maximum atomic E-state index is 6.88. The van der Waals surface area contributed by atoms with Gasteiger partial charge in [0, 0.05) is 6.20 Å². The summed E-state index contributed by atoms with van der Waals surface area (Å²) in [7, 11) is 0. The van der Waals surface area contributed by atoms with Gasteiger partial charge in [0.2, 0.25) is 0 Å². The molecule has 0 spiro atoms. The number of fused-ring (bicyclic) bond motifs is 7. The van der Waals surface area contributed by atoms with E-state index in [-0.39, 0.29) is 5.41 Å². The van der Waals surface area contributed by atoms with Gasteiger partial charge in [0.25, 0.3) is 0 Å². The zero-order valence-electron chi connectivity index (χ0n) is 35.8. The van der Waals surface area contributed by atoms with Crippen LogP contribution in [0, 0.1) is 15.9 Å². The van der Waals surface area contributed by atoms with E-state index >= 15 is 0 Å². The molecule has 6 nitrogen and oxygen atoms in total. The fraction of sp³-hybridized carbons (Fsp3) is 0.0690. The van der Waals surface area contributed by atoms with Gasteiger partial charge in [-0.3, -0.25) is 0 Å². The van der Waals surface area contributed by atoms with E-state index in [2.05, 4.69) is 217 Å². The van der Waals surface area contributed by atoms with Gasteiger partial charge in [-0.05, 0) is 17.0 Å². The van der Waals surface area contributed by atoms with Crippen molar-refractivity contribution in [1.29, 1.82) is 0 Å². The Morgan fingerprint density at radius 2 is 1.15 bits per heavy atom. The zero-order chi connectivity index (χ0) is 43.8. The second kappa shape index (κ2) is 15.3. The first-order valence-corrected chi connectivity index (χ1v) is 22.8. The van der Waals surface area contributed by atoms with Crippen molar-refractivity contribution in [2.75, 3.05) is 0 Å². The van der Waals surface area contributed by atoms with E-state index in [0.29, 0.717) is 17.1 Å². The summed E-state index contributed by atoms with van der Waals surface area (Å²) >= 11 is 2.48. The van der Waals surface area contributed by atoms with Gasteiger partial charge in [-0.25, -0.2) is 0 Å². The number of para-hydroxylation sites is 4. The first-order chi connectivity index (χ1) is 31.8. The molecule has 65 heavy (non-hydrogen) atoms. The van der Waals surface area contributed by atoms with Crippen LogP contribution in [-0.2, 0) is 24.8 Å². The Bertz CT molecular complexity index is 3870. The average Bonchev–Trinajstić information content (AvgIpc) is 3.82. The molecule has 0 N–H and O–H groups in total. The van der Waals surface area contributed by atoms with Crippen molar-refractivity contribution >= 4 is 60.3 Å². The Morgan fingerprint density at radius 3 is 1.89 bits per heavy atom. The predicted molar refractivity (Wildman–Crippen MR) is 259 cm³/mol. The van der Waals surface area contributed by atoms with Crippen molar-refractivity contribution in [2.24, 2.45) is 0 Å². The fourth-order valence-electron chi connectivity index (χ4n) is 9.28. The second-order valence-electron chi connectivity index (χ2n) is 17.3. The van der Waals surface area contributed by atoms with Gasteiger partial charge >= 0.3 is 332 Å². The van der Waals surface area contributed by atoms with Gasteiger partial charge in [0.1, 0.15) is 0 Å². The van der Waals surface area contributed by atoms with E-state index in [9.17, 15) is 0 Å². The Kier molecular flexibility index (Phi) is 9.22. The van der Waals surface area contributed by atoms with E-state index in [1.807, 2.05) is 36.5 Å². The minimum absolute atomic E-state index is 0.0429. The molecule has 0 aliphatic heterocycles. The van der Waals surface area contributed by atoms with Crippen LogP contribution >= 0.6 is 0 Å². The molecule has 0 bridgehead atoms. The van der Waals surface area contributed by atoms with Crippen LogP contribution in [0.15, 0.2) is 193 Å². The summed E-state index contributed by atoms with van der Waals surface area (Å²) in [6, 6.07) is 70.8. The first-order valence-electron chi connectivity index (χ1n) is 21.7. The van der Waals surface area contributed by atoms with Crippen LogP contribution < -0.4 is 4.74 Å². The Morgan fingerprint density at radius 1 is 0.538 bits per heavy atom. The number of aromatic nitrogens is 4. The van der Waals surface area contributed by atoms with E-state index in [4.69, 9.17) is 14.1 Å². The van der Waals surface area contributed by atoms with Gasteiger partial charge in [0.15, 0.2) is 0 Å². The average molecular weight is 1020 g/mol. The molecule has 0 radical (unpaired) electrons. The molecule has 0 fully saturated rings. The standard InChI is InChI=1S/C58H40N4O2.Pt/c1-58(2,3)40-32-33-59-55(34-40)62-49-25-12-10-20-45(49)46-30-28-41(35-51(46)62)63-42-29-31-54-52(36-42)61-37-60(50-26-15-24-48(57(50)61)47-21-11-13-27-53(47)64-54)56-43(38-16-6-4-7-17-38)22-14-23-44(56)39-18-8-5-9-19-39;/h4-34H,1-3H3;/q-2;. The monoisotopic (exact) mass is 1020 g/mol. The SMILES string of the molecule is CC(C)(C)c1ccnc(-n2c3[c-]c(Oc4[c-]c5c(cc4)oc4ccccc4c4cccc6c4n5[c](=[Pt])n6-c4c(-c5ccccc5)cccc4-c4ccccc4)ccc3c3ccccc32)c1. The Hall–Kier alpha value is -7.53. The molecule has 316 valence electrons. The van der Waals surface area contributed by atoms with Crippen molar-refractivity contribution < 1.29 is 28.5 Å². The maximum absolute atomic E-state index is 6.88. The van der Waals surface area contributed by atoms with Gasteiger partial charge in [0.05, 0.1) is 0 Å². The molecule has 0 aliphatic carbocycles. The number of pyridine rings is 1. The summed E-state index contributed by atoms with van der Waals surface area (Å²) in [4.78, 5) is 4.88. The van der Waals surface area contributed by atoms with Crippen LogP contribution in [0.5, 0.6) is 11.5 Å². The van der Waals surface area contributed by atoms with Crippen LogP contribution in [0.25, 0.3) is 94.1 Å². The van der Waals surface area contributed by atoms with Crippen molar-refractivity contribution in [2.45, 2.75) is 26.2 Å².